The lowest BCUT2D eigenvalue weighted by molar-refractivity contribution is 0.244. The third kappa shape index (κ3) is 4.93. The van der Waals surface area contributed by atoms with Gasteiger partial charge in [0.15, 0.2) is 0 Å². The van der Waals surface area contributed by atoms with Crippen LogP contribution in [0.1, 0.15) is 19.0 Å². The highest BCUT2D eigenvalue weighted by molar-refractivity contribution is 5.55. The first-order valence-corrected chi connectivity index (χ1v) is 7.44. The molecule has 2 rings (SSSR count). The van der Waals surface area contributed by atoms with Crippen molar-refractivity contribution in [3.8, 4) is 17.2 Å². The normalized spacial score (nSPS) is 10.4. The van der Waals surface area contributed by atoms with E-state index in [9.17, 15) is 0 Å². The van der Waals surface area contributed by atoms with Crippen LogP contribution in [0.25, 0.3) is 11.5 Å². The summed E-state index contributed by atoms with van der Waals surface area (Å²) in [7, 11) is 0. The minimum absolute atomic E-state index is 0.605. The highest BCUT2D eigenvalue weighted by Crippen LogP contribution is 2.23. The zero-order valence-electron chi connectivity index (χ0n) is 12.9. The Kier molecular flexibility index (Phi) is 6.51. The van der Waals surface area contributed by atoms with Crippen LogP contribution in [0.3, 0.4) is 0 Å². The Hall–Kier alpha value is -2.27. The Morgan fingerprint density at radius 2 is 2.32 bits per heavy atom. The number of ether oxygens (including phenoxy) is 2. The van der Waals surface area contributed by atoms with Crippen molar-refractivity contribution in [1.82, 2.24) is 10.3 Å². The fourth-order valence-corrected chi connectivity index (χ4v) is 1.99. The second-order valence-electron chi connectivity index (χ2n) is 4.67. The average molecular weight is 302 g/mol. The number of nitrogens with one attached hydrogen (secondary N) is 1. The van der Waals surface area contributed by atoms with Gasteiger partial charge in [-0.2, -0.15) is 0 Å². The Labute approximate surface area is 131 Å². The van der Waals surface area contributed by atoms with Gasteiger partial charge in [-0.15, -0.1) is 0 Å². The van der Waals surface area contributed by atoms with E-state index in [1.807, 2.05) is 31.2 Å². The molecule has 2 aromatic rings. The number of rotatable bonds is 10. The van der Waals surface area contributed by atoms with Gasteiger partial charge in [0, 0.05) is 12.1 Å². The van der Waals surface area contributed by atoms with Crippen molar-refractivity contribution in [2.24, 2.45) is 0 Å². The largest absolute Gasteiger partial charge is 0.502 e. The molecule has 0 amide bonds. The molecule has 1 aromatic heterocycles. The van der Waals surface area contributed by atoms with Gasteiger partial charge in [0.05, 0.1) is 25.2 Å². The van der Waals surface area contributed by atoms with E-state index in [2.05, 4.69) is 16.9 Å². The summed E-state index contributed by atoms with van der Waals surface area (Å²) in [4.78, 5) is 4.48. The minimum atomic E-state index is 0.605. The van der Waals surface area contributed by atoms with Gasteiger partial charge in [-0.25, -0.2) is 4.98 Å². The Bertz CT molecular complexity index is 581. The van der Waals surface area contributed by atoms with Crippen molar-refractivity contribution >= 4 is 0 Å². The van der Waals surface area contributed by atoms with Gasteiger partial charge in [0.1, 0.15) is 12.0 Å². The minimum Gasteiger partial charge on any atom is -0.502 e. The monoisotopic (exact) mass is 302 g/mol. The highest BCUT2D eigenvalue weighted by Gasteiger charge is 2.07. The van der Waals surface area contributed by atoms with Gasteiger partial charge >= 0.3 is 0 Å². The summed E-state index contributed by atoms with van der Waals surface area (Å²) < 4.78 is 16.1. The predicted octanol–water partition coefficient (Wildman–Crippen LogP) is 3.38. The topological polar surface area (TPSA) is 56.5 Å². The van der Waals surface area contributed by atoms with Crippen LogP contribution in [-0.4, -0.2) is 24.7 Å². The van der Waals surface area contributed by atoms with Crippen LogP contribution in [0.4, 0.5) is 0 Å². The van der Waals surface area contributed by atoms with Crippen molar-refractivity contribution in [2.45, 2.75) is 19.9 Å². The molecule has 1 heterocycles. The lowest BCUT2D eigenvalue weighted by atomic mass is 10.2. The highest BCUT2D eigenvalue weighted by atomic mass is 16.5. The van der Waals surface area contributed by atoms with E-state index < -0.39 is 0 Å². The zero-order chi connectivity index (χ0) is 15.6. The average Bonchev–Trinajstić information content (AvgIpc) is 3.00. The van der Waals surface area contributed by atoms with Crippen LogP contribution in [0.5, 0.6) is 5.75 Å². The summed E-state index contributed by atoms with van der Waals surface area (Å²) >= 11 is 0. The van der Waals surface area contributed by atoms with Gasteiger partial charge in [-0.05, 0) is 38.1 Å². The molecule has 1 aromatic carbocycles. The molecule has 0 unspecified atom stereocenters. The summed E-state index contributed by atoms with van der Waals surface area (Å²) in [6, 6.07) is 7.74. The van der Waals surface area contributed by atoms with Crippen LogP contribution >= 0.6 is 0 Å². The molecule has 0 aliphatic rings. The van der Waals surface area contributed by atoms with Crippen molar-refractivity contribution in [3.63, 3.8) is 0 Å². The Balaban J connectivity index is 1.85. The van der Waals surface area contributed by atoms with Crippen molar-refractivity contribution in [2.75, 3.05) is 19.8 Å². The molecule has 0 aliphatic heterocycles. The van der Waals surface area contributed by atoms with E-state index >= 15 is 0 Å². The molecule has 22 heavy (non-hydrogen) atoms. The maximum Gasteiger partial charge on any atom is 0.226 e. The fourth-order valence-electron chi connectivity index (χ4n) is 1.99. The van der Waals surface area contributed by atoms with E-state index in [1.165, 1.54) is 6.26 Å². The van der Waals surface area contributed by atoms with E-state index in [1.54, 1.807) is 6.26 Å². The van der Waals surface area contributed by atoms with E-state index in [0.29, 0.717) is 25.6 Å². The lowest BCUT2D eigenvalue weighted by Crippen LogP contribution is -2.16. The Morgan fingerprint density at radius 1 is 1.41 bits per heavy atom. The maximum absolute atomic E-state index is 5.53. The molecule has 0 fully saturated rings. The third-order valence-corrected chi connectivity index (χ3v) is 2.98. The summed E-state index contributed by atoms with van der Waals surface area (Å²) in [5.41, 5.74) is 1.79. The molecule has 1 N–H and O–H groups in total. The van der Waals surface area contributed by atoms with Crippen LogP contribution in [0, 0.1) is 0 Å². The summed E-state index contributed by atoms with van der Waals surface area (Å²) in [6.45, 7) is 8.30. The Morgan fingerprint density at radius 3 is 3.14 bits per heavy atom. The van der Waals surface area contributed by atoms with Crippen LogP contribution in [-0.2, 0) is 11.3 Å². The van der Waals surface area contributed by atoms with Gasteiger partial charge in [-0.3, -0.25) is 0 Å². The molecule has 0 aliphatic carbocycles. The number of oxazole rings is 1. The molecule has 0 atom stereocenters. The van der Waals surface area contributed by atoms with E-state index in [4.69, 9.17) is 13.9 Å². The van der Waals surface area contributed by atoms with Gasteiger partial charge < -0.3 is 19.2 Å². The number of aromatic nitrogens is 1. The van der Waals surface area contributed by atoms with Gasteiger partial charge in [0.25, 0.3) is 0 Å². The maximum atomic E-state index is 5.53. The molecule has 5 heteroatoms. The number of hydrogen-bond donors (Lipinski definition) is 1. The lowest BCUT2D eigenvalue weighted by Gasteiger charge is -2.03. The second kappa shape index (κ2) is 8.89. The van der Waals surface area contributed by atoms with Crippen molar-refractivity contribution in [1.29, 1.82) is 0 Å². The van der Waals surface area contributed by atoms with Crippen LogP contribution < -0.4 is 10.1 Å². The molecule has 0 spiro atoms. The van der Waals surface area contributed by atoms with E-state index in [-0.39, 0.29) is 0 Å². The standard InChI is InChI=1S/C17H22N2O3/c1-3-20-10-6-9-18-12-15-13-22-17(19-15)14-7-5-8-16(11-14)21-4-2/h3,5,7-8,11,13,18H,1,4,6,9-10,12H2,2H3. The molecule has 0 saturated carbocycles. The fraction of sp³-hybridized carbons (Fsp3) is 0.353. The molecule has 0 radical (unpaired) electrons. The summed E-state index contributed by atoms with van der Waals surface area (Å²) in [5, 5.41) is 3.30. The smallest absolute Gasteiger partial charge is 0.226 e. The molecule has 0 saturated heterocycles. The van der Waals surface area contributed by atoms with Crippen molar-refractivity contribution < 1.29 is 13.9 Å². The molecular weight excluding hydrogens is 280 g/mol. The molecular formula is C17H22N2O3. The molecule has 0 bridgehead atoms. The van der Waals surface area contributed by atoms with Crippen molar-refractivity contribution in [3.05, 3.63) is 49.1 Å². The summed E-state index contributed by atoms with van der Waals surface area (Å²) in [6.07, 6.45) is 4.06. The number of hydrogen-bond acceptors (Lipinski definition) is 5. The number of benzene rings is 1. The first-order chi connectivity index (χ1) is 10.8. The molecule has 118 valence electrons. The molecule has 5 nitrogen and oxygen atoms in total. The quantitative estimate of drug-likeness (QED) is 0.538. The SMILES string of the molecule is C=COCCCNCc1coc(-c2cccc(OCC)c2)n1. The third-order valence-electron chi connectivity index (χ3n) is 2.98. The van der Waals surface area contributed by atoms with E-state index in [0.717, 1.165) is 30.0 Å². The predicted molar refractivity (Wildman–Crippen MR) is 85.6 cm³/mol. The number of nitrogens with zero attached hydrogens (tertiary/aromatic N) is 1. The summed E-state index contributed by atoms with van der Waals surface area (Å²) in [5.74, 6) is 1.42. The van der Waals surface area contributed by atoms with Gasteiger partial charge in [-0.1, -0.05) is 12.6 Å². The second-order valence-corrected chi connectivity index (χ2v) is 4.67. The first-order valence-electron chi connectivity index (χ1n) is 7.44. The van der Waals surface area contributed by atoms with Gasteiger partial charge in [0.2, 0.25) is 5.89 Å². The van der Waals surface area contributed by atoms with Crippen LogP contribution in [0.15, 0.2) is 47.8 Å². The van der Waals surface area contributed by atoms with Crippen LogP contribution in [0.2, 0.25) is 0 Å². The first kappa shape index (κ1) is 16.1. The zero-order valence-corrected chi connectivity index (χ0v) is 12.9.